The Morgan fingerprint density at radius 2 is 1.00 bits per heavy atom. The second-order valence-corrected chi connectivity index (χ2v) is 0.183. The van der Waals surface area contributed by atoms with E-state index in [0.29, 0.717) is 12.9 Å². The first-order valence-corrected chi connectivity index (χ1v) is 0.855. The molecule has 5 nitrogen and oxygen atoms in total. The zero-order valence-corrected chi connectivity index (χ0v) is 4.89. The van der Waals surface area contributed by atoms with Crippen LogP contribution in [0.2, 0.25) is 0 Å². The maximum absolute atomic E-state index is 8.24. The molecule has 0 saturated heterocycles. The van der Waals surface area contributed by atoms with E-state index in [9.17, 15) is 0 Å². The molecule has 0 aliphatic carbocycles. The van der Waals surface area contributed by atoms with Gasteiger partial charge in [0.25, 0.3) is 0 Å². The van der Waals surface area contributed by atoms with Gasteiger partial charge in [-0.1, -0.05) is 12.9 Å². The van der Waals surface area contributed by atoms with Gasteiger partial charge in [0.05, 0.1) is 0 Å². The topological polar surface area (TPSA) is 105 Å². The molecule has 0 rings (SSSR count). The van der Waals surface area contributed by atoms with Crippen molar-refractivity contribution in [3.63, 3.8) is 0 Å². The number of hydrogen-bond donors (Lipinski definition) is 2. The van der Waals surface area contributed by atoms with E-state index in [-0.39, 0.29) is 60.6 Å². The fraction of sp³-hybridized carbons (Fsp3) is 0. The van der Waals surface area contributed by atoms with Crippen molar-refractivity contribution in [3.05, 3.63) is 0 Å². The predicted molar refractivity (Wildman–Crippen MR) is 32.9 cm³/mol. The van der Waals surface area contributed by atoms with Gasteiger partial charge < -0.3 is 25.3 Å². The van der Waals surface area contributed by atoms with Crippen molar-refractivity contribution in [3.8, 4) is 0 Å². The van der Waals surface area contributed by atoms with Gasteiger partial charge in [0, 0.05) is 0 Å². The van der Waals surface area contributed by atoms with Crippen LogP contribution in [0.4, 0.5) is 0 Å². The summed E-state index contributed by atoms with van der Waals surface area (Å²) in [4.78, 5) is 16.5. The van der Waals surface area contributed by atoms with Crippen LogP contribution in [0.25, 0.3) is 0 Å². The van der Waals surface area contributed by atoms with Crippen molar-refractivity contribution >= 4 is 68.0 Å². The molecule has 0 unspecified atom stereocenters. The first-order valence-electron chi connectivity index (χ1n) is 0.855. The molecule has 0 radical (unpaired) electrons. The quantitative estimate of drug-likeness (QED) is 0.320. The Bertz CT molecular complexity index is 35.9. The molecule has 48 valence electrons. The third-order valence-corrected chi connectivity index (χ3v) is 0. The van der Waals surface area contributed by atoms with E-state index in [1.54, 1.807) is 0 Å². The normalized spacial score (nSPS) is 2.67. The SMILES string of the molecule is O=[C-]O.O=[C-]O.[Al+3].[CaH2].[OH-]. The van der Waals surface area contributed by atoms with Gasteiger partial charge in [0.1, 0.15) is 0 Å². The van der Waals surface area contributed by atoms with Gasteiger partial charge in [-0.05, 0) is 0 Å². The molecule has 0 fully saturated rings. The van der Waals surface area contributed by atoms with Crippen molar-refractivity contribution < 1.29 is 25.3 Å². The first-order chi connectivity index (χ1) is 2.83. The summed E-state index contributed by atoms with van der Waals surface area (Å²) >= 11 is 0. The second kappa shape index (κ2) is 71.0. The molecular weight excluding hydrogens is 171 g/mol. The molecule has 3 N–H and O–H groups in total. The van der Waals surface area contributed by atoms with Crippen molar-refractivity contribution in [1.82, 2.24) is 0 Å². The summed E-state index contributed by atoms with van der Waals surface area (Å²) in [5.41, 5.74) is 0. The largest absolute Gasteiger partial charge is 0.870 e. The summed E-state index contributed by atoms with van der Waals surface area (Å²) in [5.74, 6) is 0. The zero-order valence-electron chi connectivity index (χ0n) is 3.74. The fourth-order valence-electron chi connectivity index (χ4n) is 0. The first kappa shape index (κ1) is 33.3. The smallest absolute Gasteiger partial charge is 0.870 e. The molecule has 7 heteroatoms. The second-order valence-electron chi connectivity index (χ2n) is 0.183. The molecule has 0 atom stereocenters. The molecule has 0 aliphatic rings. The average Bonchev–Trinajstić information content (AvgIpc) is 1.39. The van der Waals surface area contributed by atoms with E-state index in [1.807, 2.05) is 0 Å². The summed E-state index contributed by atoms with van der Waals surface area (Å²) in [6.45, 7) is 1.00. The van der Waals surface area contributed by atoms with E-state index < -0.39 is 0 Å². The Morgan fingerprint density at radius 1 is 1.00 bits per heavy atom. The molecule has 0 spiro atoms. The van der Waals surface area contributed by atoms with Gasteiger partial charge >= 0.3 is 55.1 Å². The van der Waals surface area contributed by atoms with Gasteiger partial charge in [-0.2, -0.15) is 0 Å². The van der Waals surface area contributed by atoms with Crippen LogP contribution in [-0.2, 0) is 9.59 Å². The maximum Gasteiger partial charge on any atom is -0.870 e. The van der Waals surface area contributed by atoms with E-state index in [4.69, 9.17) is 19.8 Å². The Balaban J connectivity index is -0.00000000889. The monoisotopic (exact) mass is 176 g/mol. The van der Waals surface area contributed by atoms with Crippen LogP contribution in [0.15, 0.2) is 0 Å². The van der Waals surface area contributed by atoms with Gasteiger partial charge in [0.15, 0.2) is 0 Å². The number of hydrogen-bond acceptors (Lipinski definition) is 3. The van der Waals surface area contributed by atoms with Crippen molar-refractivity contribution in [2.75, 3.05) is 0 Å². The van der Waals surface area contributed by atoms with Crippen LogP contribution in [0.1, 0.15) is 0 Å². The average molecular weight is 176 g/mol. The van der Waals surface area contributed by atoms with Gasteiger partial charge in [-0.3, -0.25) is 0 Å². The third-order valence-electron chi connectivity index (χ3n) is 0. The molecule has 0 aromatic carbocycles. The predicted octanol–water partition coefficient (Wildman–Crippen LogP) is -2.25. The standard InChI is InChI=1S/2CHO2.Al.Ca.H2O.2H/c2*2-1-3;;;;;/h2*(H,2,3);;;1H2;;/q2*-1;+3;;;;/p-1. The van der Waals surface area contributed by atoms with E-state index in [2.05, 4.69) is 0 Å². The summed E-state index contributed by atoms with van der Waals surface area (Å²) in [5, 5.41) is 13.5. The minimum Gasteiger partial charge on any atom is -0.870 e. The molecule has 0 aliphatic heterocycles. The van der Waals surface area contributed by atoms with Crippen molar-refractivity contribution in [2.45, 2.75) is 0 Å². The summed E-state index contributed by atoms with van der Waals surface area (Å²) < 4.78 is 0. The fourth-order valence-corrected chi connectivity index (χ4v) is 0. The van der Waals surface area contributed by atoms with Crippen LogP contribution >= 0.6 is 0 Å². The van der Waals surface area contributed by atoms with Crippen LogP contribution < -0.4 is 0 Å². The molecule has 9 heavy (non-hydrogen) atoms. The van der Waals surface area contributed by atoms with E-state index in [0.717, 1.165) is 0 Å². The van der Waals surface area contributed by atoms with E-state index >= 15 is 0 Å². The Morgan fingerprint density at radius 3 is 1.00 bits per heavy atom. The van der Waals surface area contributed by atoms with Crippen molar-refractivity contribution in [2.24, 2.45) is 0 Å². The molecular formula is C2H5AlCaO5. The van der Waals surface area contributed by atoms with Gasteiger partial charge in [-0.15, -0.1) is 0 Å². The maximum atomic E-state index is 8.24. The Kier molecular flexibility index (Phi) is 262. The zero-order chi connectivity index (χ0) is 5.41. The summed E-state index contributed by atoms with van der Waals surface area (Å²) in [6.07, 6.45) is 0. The van der Waals surface area contributed by atoms with Crippen LogP contribution in [0, 0.1) is 0 Å². The van der Waals surface area contributed by atoms with Crippen LogP contribution in [0.5, 0.6) is 0 Å². The number of aliphatic hydroxyl groups excluding tert-OH is 2. The minimum atomic E-state index is 0. The molecule has 0 aromatic heterocycles. The van der Waals surface area contributed by atoms with Crippen LogP contribution in [-0.4, -0.2) is 83.7 Å². The summed E-state index contributed by atoms with van der Waals surface area (Å²) in [7, 11) is 0. The summed E-state index contributed by atoms with van der Waals surface area (Å²) in [6, 6.07) is 0. The Labute approximate surface area is 92.5 Å². The molecule has 0 aromatic rings. The van der Waals surface area contributed by atoms with Crippen LogP contribution in [0.3, 0.4) is 0 Å². The van der Waals surface area contributed by atoms with Gasteiger partial charge in [-0.25, -0.2) is 0 Å². The molecule has 0 amide bonds. The Hall–Kier alpha value is 0.692. The molecule has 0 bridgehead atoms. The number of rotatable bonds is 0. The minimum absolute atomic E-state index is 0. The third kappa shape index (κ3) is 812. The van der Waals surface area contributed by atoms with Crippen molar-refractivity contribution in [1.29, 1.82) is 0 Å². The van der Waals surface area contributed by atoms with Gasteiger partial charge in [0.2, 0.25) is 0 Å². The van der Waals surface area contributed by atoms with E-state index in [1.165, 1.54) is 0 Å². The molecule has 0 saturated carbocycles. The molecule has 0 heterocycles.